The van der Waals surface area contributed by atoms with Crippen molar-refractivity contribution in [1.82, 2.24) is 0 Å². The number of halogens is 2. The molecular formula is C6H6BrFN2. The highest BCUT2D eigenvalue weighted by molar-refractivity contribution is 9.10. The number of benzene rings is 1. The third-order valence-electron chi connectivity index (χ3n) is 1.07. The third kappa shape index (κ3) is 1.68. The molecule has 0 aliphatic carbocycles. The van der Waals surface area contributed by atoms with E-state index in [2.05, 4.69) is 16.1 Å². The first-order valence-corrected chi connectivity index (χ1v) is 3.37. The fourth-order valence-electron chi connectivity index (χ4n) is 0.584. The molecular weight excluding hydrogens is 199 g/mol. The van der Waals surface area contributed by atoms with Crippen molar-refractivity contribution < 1.29 is 4.39 Å². The molecule has 1 aromatic carbocycles. The number of hydrazine groups is 1. The molecule has 0 aromatic heterocycles. The summed E-state index contributed by atoms with van der Waals surface area (Å²) in [5.74, 6) is 5.03. The van der Waals surface area contributed by atoms with Crippen LogP contribution >= 0.6 is 16.1 Å². The maximum Gasteiger partial charge on any atom is 0.123 e. The van der Waals surface area contributed by atoms with Crippen LogP contribution in [0, 0.1) is 5.82 Å². The van der Waals surface area contributed by atoms with Crippen LogP contribution < -0.4 is 9.88 Å². The van der Waals surface area contributed by atoms with E-state index in [9.17, 15) is 4.39 Å². The van der Waals surface area contributed by atoms with Crippen LogP contribution in [0.3, 0.4) is 0 Å². The third-order valence-corrected chi connectivity index (χ3v) is 1.48. The predicted octanol–water partition coefficient (Wildman–Crippen LogP) is 1.82. The van der Waals surface area contributed by atoms with Crippen molar-refractivity contribution in [2.45, 2.75) is 0 Å². The highest BCUT2D eigenvalue weighted by Gasteiger charge is 1.94. The van der Waals surface area contributed by atoms with Gasteiger partial charge < -0.3 is 0 Å². The molecule has 0 fully saturated rings. The van der Waals surface area contributed by atoms with Gasteiger partial charge in [-0.3, -0.25) is 0 Å². The zero-order chi connectivity index (χ0) is 7.56. The molecule has 4 heteroatoms. The van der Waals surface area contributed by atoms with E-state index >= 15 is 0 Å². The van der Waals surface area contributed by atoms with E-state index in [0.29, 0.717) is 5.69 Å². The molecule has 0 saturated carbocycles. The molecule has 0 bridgehead atoms. The maximum atomic E-state index is 12.3. The summed E-state index contributed by atoms with van der Waals surface area (Å²) in [7, 11) is 0. The number of hydrogen-bond donors (Lipinski definition) is 1. The summed E-state index contributed by atoms with van der Waals surface area (Å²) >= 11 is 3.00. The largest absolute Gasteiger partial charge is 0.245 e. The number of nitrogens with zero attached hydrogens (tertiary/aromatic N) is 1. The average Bonchev–Trinajstić information content (AvgIpc) is 1.88. The number of hydrogen-bond acceptors (Lipinski definition) is 2. The molecule has 0 aliphatic heterocycles. The van der Waals surface area contributed by atoms with Crippen LogP contribution in [0.2, 0.25) is 0 Å². The van der Waals surface area contributed by atoms with Gasteiger partial charge in [-0.1, -0.05) is 0 Å². The van der Waals surface area contributed by atoms with E-state index in [-0.39, 0.29) is 5.82 Å². The van der Waals surface area contributed by atoms with Gasteiger partial charge in [-0.2, -0.15) is 0 Å². The zero-order valence-electron chi connectivity index (χ0n) is 5.09. The number of anilines is 1. The first kappa shape index (κ1) is 7.50. The van der Waals surface area contributed by atoms with E-state index < -0.39 is 0 Å². The highest BCUT2D eigenvalue weighted by atomic mass is 79.9. The molecule has 0 atom stereocenters. The Morgan fingerprint density at radius 2 is 1.80 bits per heavy atom. The molecule has 1 aromatic rings. The fraction of sp³-hybridized carbons (Fsp3) is 0. The molecule has 0 saturated heterocycles. The minimum atomic E-state index is -0.266. The topological polar surface area (TPSA) is 29.3 Å². The lowest BCUT2D eigenvalue weighted by Gasteiger charge is -2.07. The molecule has 0 spiro atoms. The van der Waals surface area contributed by atoms with Crippen LogP contribution in [0.1, 0.15) is 0 Å². The first-order valence-electron chi connectivity index (χ1n) is 2.66. The molecule has 2 N–H and O–H groups in total. The standard InChI is InChI=1S/C6H6BrFN2/c7-10(9)6-3-1-5(8)2-4-6/h1-4H,9H2. The van der Waals surface area contributed by atoms with Crippen LogP contribution in [-0.2, 0) is 0 Å². The Balaban J connectivity index is 2.89. The van der Waals surface area contributed by atoms with E-state index in [1.165, 1.54) is 16.2 Å². The Labute approximate surface area is 66.7 Å². The molecule has 0 heterocycles. The number of rotatable bonds is 1. The van der Waals surface area contributed by atoms with Crippen molar-refractivity contribution in [3.05, 3.63) is 30.1 Å². The average molecular weight is 205 g/mol. The summed E-state index contributed by atoms with van der Waals surface area (Å²) in [5, 5.41) is 0. The van der Waals surface area contributed by atoms with E-state index in [1.54, 1.807) is 12.1 Å². The quantitative estimate of drug-likeness (QED) is 0.430. The maximum absolute atomic E-state index is 12.3. The Kier molecular flexibility index (Phi) is 2.24. The monoisotopic (exact) mass is 204 g/mol. The lowest BCUT2D eigenvalue weighted by molar-refractivity contribution is 0.628. The molecule has 0 amide bonds. The molecule has 10 heavy (non-hydrogen) atoms. The SMILES string of the molecule is NN(Br)c1ccc(F)cc1. The molecule has 54 valence electrons. The van der Waals surface area contributed by atoms with Gasteiger partial charge in [-0.15, -0.1) is 0 Å². The van der Waals surface area contributed by atoms with Gasteiger partial charge in [0.1, 0.15) is 5.82 Å². The van der Waals surface area contributed by atoms with Crippen LogP contribution in [0.25, 0.3) is 0 Å². The second kappa shape index (κ2) is 2.98. The van der Waals surface area contributed by atoms with Gasteiger partial charge in [-0.25, -0.2) is 14.3 Å². The Hall–Kier alpha value is -0.610. The molecule has 2 nitrogen and oxygen atoms in total. The lowest BCUT2D eigenvalue weighted by atomic mass is 10.3. The second-order valence-electron chi connectivity index (χ2n) is 1.79. The Morgan fingerprint density at radius 1 is 1.30 bits per heavy atom. The first-order chi connectivity index (χ1) is 4.70. The van der Waals surface area contributed by atoms with Gasteiger partial charge in [0, 0.05) is 0 Å². The van der Waals surface area contributed by atoms with Gasteiger partial charge in [-0.05, 0) is 24.3 Å². The minimum absolute atomic E-state index is 0.266. The summed E-state index contributed by atoms with van der Waals surface area (Å²) in [6.45, 7) is 0. The second-order valence-corrected chi connectivity index (χ2v) is 2.55. The fourth-order valence-corrected chi connectivity index (χ4v) is 0.820. The van der Waals surface area contributed by atoms with Crippen molar-refractivity contribution in [2.24, 2.45) is 5.84 Å². The van der Waals surface area contributed by atoms with Crippen molar-refractivity contribution in [2.75, 3.05) is 4.03 Å². The highest BCUT2D eigenvalue weighted by Crippen LogP contribution is 2.13. The molecule has 0 radical (unpaired) electrons. The van der Waals surface area contributed by atoms with E-state index in [4.69, 9.17) is 5.84 Å². The van der Waals surface area contributed by atoms with Gasteiger partial charge in [0.2, 0.25) is 0 Å². The minimum Gasteiger partial charge on any atom is -0.245 e. The van der Waals surface area contributed by atoms with E-state index in [0.717, 1.165) is 0 Å². The normalized spacial score (nSPS) is 9.50. The van der Waals surface area contributed by atoms with Crippen molar-refractivity contribution in [3.8, 4) is 0 Å². The van der Waals surface area contributed by atoms with Gasteiger partial charge in [0.25, 0.3) is 0 Å². The Bertz CT molecular complexity index is 209. The lowest BCUT2D eigenvalue weighted by Crippen LogP contribution is -2.17. The summed E-state index contributed by atoms with van der Waals surface area (Å²) in [6, 6.07) is 5.83. The van der Waals surface area contributed by atoms with E-state index in [1.807, 2.05) is 0 Å². The van der Waals surface area contributed by atoms with Crippen LogP contribution in [0.5, 0.6) is 0 Å². The van der Waals surface area contributed by atoms with Crippen molar-refractivity contribution >= 4 is 21.8 Å². The summed E-state index contributed by atoms with van der Waals surface area (Å²) in [5.41, 5.74) is 0.710. The molecule has 1 rings (SSSR count). The predicted molar refractivity (Wildman–Crippen MR) is 42.0 cm³/mol. The van der Waals surface area contributed by atoms with Crippen molar-refractivity contribution in [3.63, 3.8) is 0 Å². The smallest absolute Gasteiger partial charge is 0.123 e. The van der Waals surface area contributed by atoms with Gasteiger partial charge in [0.05, 0.1) is 21.8 Å². The molecule has 0 aliphatic rings. The summed E-state index contributed by atoms with van der Waals surface area (Å²) in [6.07, 6.45) is 0. The summed E-state index contributed by atoms with van der Waals surface area (Å²) in [4.78, 5) is 0. The van der Waals surface area contributed by atoms with Crippen LogP contribution in [-0.4, -0.2) is 0 Å². The van der Waals surface area contributed by atoms with Crippen LogP contribution in [0.4, 0.5) is 10.1 Å². The zero-order valence-corrected chi connectivity index (χ0v) is 6.68. The van der Waals surface area contributed by atoms with Crippen molar-refractivity contribution in [1.29, 1.82) is 0 Å². The summed E-state index contributed by atoms with van der Waals surface area (Å²) < 4.78 is 13.5. The van der Waals surface area contributed by atoms with Gasteiger partial charge in [0.15, 0.2) is 0 Å². The Morgan fingerprint density at radius 3 is 2.20 bits per heavy atom. The number of nitrogens with two attached hydrogens (primary N) is 1. The van der Waals surface area contributed by atoms with Crippen LogP contribution in [0.15, 0.2) is 24.3 Å². The van der Waals surface area contributed by atoms with Gasteiger partial charge >= 0.3 is 0 Å². The molecule has 0 unspecified atom stereocenters.